The number of aromatic nitrogens is 3. The van der Waals surface area contributed by atoms with Gasteiger partial charge in [-0.25, -0.2) is 4.57 Å². The van der Waals surface area contributed by atoms with Gasteiger partial charge in [-0.3, -0.25) is 4.57 Å². The van der Waals surface area contributed by atoms with E-state index >= 15 is 0 Å². The lowest BCUT2D eigenvalue weighted by atomic mass is 10.4. The number of rotatable bonds is 1. The minimum atomic E-state index is 1.03. The highest BCUT2D eigenvalue weighted by molar-refractivity contribution is 5.67. The van der Waals surface area contributed by atoms with E-state index in [1.165, 1.54) is 11.3 Å². The van der Waals surface area contributed by atoms with Crippen molar-refractivity contribution >= 4 is 11.2 Å². The van der Waals surface area contributed by atoms with E-state index in [9.17, 15) is 0 Å². The molecular weight excluding hydrogens is 162 g/mol. The minimum absolute atomic E-state index is 1.03. The van der Waals surface area contributed by atoms with Crippen molar-refractivity contribution in [2.75, 3.05) is 0 Å². The van der Waals surface area contributed by atoms with Gasteiger partial charge in [0.2, 0.25) is 5.82 Å². The summed E-state index contributed by atoms with van der Waals surface area (Å²) in [7, 11) is 4.15. The quantitative estimate of drug-likeness (QED) is 0.593. The maximum Gasteiger partial charge on any atom is 0.301 e. The molecule has 2 heterocycles. The van der Waals surface area contributed by atoms with Gasteiger partial charge in [0.25, 0.3) is 0 Å². The van der Waals surface area contributed by atoms with E-state index in [-0.39, 0.29) is 0 Å². The molecule has 0 aromatic carbocycles. The Kier molecular flexibility index (Phi) is 1.79. The highest BCUT2D eigenvalue weighted by atomic mass is 15.2. The van der Waals surface area contributed by atoms with Gasteiger partial charge >= 0.3 is 5.65 Å². The van der Waals surface area contributed by atoms with Gasteiger partial charge < -0.3 is 0 Å². The Morgan fingerprint density at radius 3 is 2.92 bits per heavy atom. The monoisotopic (exact) mass is 176 g/mol. The summed E-state index contributed by atoms with van der Waals surface area (Å²) in [5.74, 6) is 1.30. The van der Waals surface area contributed by atoms with Gasteiger partial charge in [-0.1, -0.05) is 6.92 Å². The highest BCUT2D eigenvalue weighted by Gasteiger charge is 2.16. The summed E-state index contributed by atoms with van der Waals surface area (Å²) >= 11 is 0. The Bertz CT molecular complexity index is 404. The predicted molar refractivity (Wildman–Crippen MR) is 51.3 cm³/mol. The summed E-state index contributed by atoms with van der Waals surface area (Å²) in [5, 5.41) is 0. The molecule has 0 radical (unpaired) electrons. The molecule has 0 atom stereocenters. The first-order valence-electron chi connectivity index (χ1n) is 4.54. The van der Waals surface area contributed by atoms with Crippen LogP contribution in [0.1, 0.15) is 12.7 Å². The zero-order valence-corrected chi connectivity index (χ0v) is 8.28. The number of aryl methyl sites for hydroxylation is 2. The van der Waals surface area contributed by atoms with E-state index in [0.29, 0.717) is 0 Å². The molecule has 0 aliphatic heterocycles. The van der Waals surface area contributed by atoms with Crippen LogP contribution in [-0.2, 0) is 20.5 Å². The van der Waals surface area contributed by atoms with Gasteiger partial charge in [0.05, 0.1) is 14.1 Å². The average molecular weight is 176 g/mol. The molecule has 13 heavy (non-hydrogen) atoms. The fourth-order valence-electron chi connectivity index (χ4n) is 1.87. The van der Waals surface area contributed by atoms with E-state index in [0.717, 1.165) is 12.1 Å². The fourth-order valence-corrected chi connectivity index (χ4v) is 1.87. The topological polar surface area (TPSA) is 21.7 Å². The first kappa shape index (κ1) is 8.23. The lowest BCUT2D eigenvalue weighted by Crippen LogP contribution is -2.32. The molecular formula is C10H14N3+. The summed E-state index contributed by atoms with van der Waals surface area (Å²) < 4.78 is 4.34. The molecule has 68 valence electrons. The van der Waals surface area contributed by atoms with Crippen LogP contribution in [0.25, 0.3) is 11.2 Å². The first-order valence-corrected chi connectivity index (χ1v) is 4.54. The van der Waals surface area contributed by atoms with Crippen LogP contribution < -0.4 is 4.57 Å². The molecule has 0 saturated heterocycles. The third-order valence-electron chi connectivity index (χ3n) is 2.54. The molecule has 0 saturated carbocycles. The van der Waals surface area contributed by atoms with E-state index in [1.54, 1.807) is 0 Å². The largest absolute Gasteiger partial charge is 0.301 e. The lowest BCUT2D eigenvalue weighted by Gasteiger charge is -1.93. The molecule has 0 amide bonds. The summed E-state index contributed by atoms with van der Waals surface area (Å²) in [6, 6.07) is 4.07. The molecule has 0 N–H and O–H groups in total. The van der Waals surface area contributed by atoms with Crippen LogP contribution in [-0.4, -0.2) is 9.55 Å². The van der Waals surface area contributed by atoms with Crippen molar-refractivity contribution < 1.29 is 4.57 Å². The fraction of sp³-hybridized carbons (Fsp3) is 0.400. The van der Waals surface area contributed by atoms with Crippen LogP contribution in [0.5, 0.6) is 0 Å². The predicted octanol–water partition coefficient (Wildman–Crippen LogP) is 0.960. The van der Waals surface area contributed by atoms with Crippen molar-refractivity contribution in [3.63, 3.8) is 0 Å². The molecule has 0 bridgehead atoms. The highest BCUT2D eigenvalue weighted by Crippen LogP contribution is 2.09. The van der Waals surface area contributed by atoms with Crippen LogP contribution in [0.3, 0.4) is 0 Å². The molecule has 0 spiro atoms. The van der Waals surface area contributed by atoms with Crippen molar-refractivity contribution in [1.29, 1.82) is 0 Å². The Labute approximate surface area is 77.6 Å². The van der Waals surface area contributed by atoms with Crippen LogP contribution in [0.4, 0.5) is 0 Å². The van der Waals surface area contributed by atoms with Crippen molar-refractivity contribution in [1.82, 2.24) is 9.55 Å². The molecule has 0 aliphatic rings. The third kappa shape index (κ3) is 1.03. The van der Waals surface area contributed by atoms with Gasteiger partial charge in [0, 0.05) is 6.42 Å². The SMILES string of the molecule is CCc1n(C)c2cccnc2[n+]1C. The number of pyridine rings is 1. The smallest absolute Gasteiger partial charge is 0.260 e. The lowest BCUT2D eigenvalue weighted by molar-refractivity contribution is -0.655. The second-order valence-corrected chi connectivity index (χ2v) is 3.23. The van der Waals surface area contributed by atoms with Gasteiger partial charge in [0.1, 0.15) is 6.20 Å². The minimum Gasteiger partial charge on any atom is -0.260 e. The van der Waals surface area contributed by atoms with Gasteiger partial charge in [-0.15, -0.1) is 4.98 Å². The van der Waals surface area contributed by atoms with E-state index < -0.39 is 0 Å². The van der Waals surface area contributed by atoms with Crippen molar-refractivity contribution in [3.8, 4) is 0 Å². The first-order chi connectivity index (χ1) is 6.25. The molecule has 3 heteroatoms. The molecule has 3 nitrogen and oxygen atoms in total. The zero-order chi connectivity index (χ0) is 9.42. The second-order valence-electron chi connectivity index (χ2n) is 3.23. The summed E-state index contributed by atoms with van der Waals surface area (Å²) in [6.45, 7) is 2.16. The second kappa shape index (κ2) is 2.83. The van der Waals surface area contributed by atoms with E-state index in [1.807, 2.05) is 12.3 Å². The van der Waals surface area contributed by atoms with Crippen LogP contribution in [0.2, 0.25) is 0 Å². The Morgan fingerprint density at radius 2 is 2.31 bits per heavy atom. The third-order valence-corrected chi connectivity index (χ3v) is 2.54. The number of nitrogens with zero attached hydrogens (tertiary/aromatic N) is 3. The van der Waals surface area contributed by atoms with Crippen LogP contribution >= 0.6 is 0 Å². The average Bonchev–Trinajstić information content (AvgIpc) is 2.41. The standard InChI is InChI=1S/C10H14N3/c1-4-9-12(2)8-6-5-7-11-10(8)13(9)3/h5-7H,4H2,1-3H3/q+1. The van der Waals surface area contributed by atoms with E-state index in [2.05, 4.69) is 41.2 Å². The van der Waals surface area contributed by atoms with Crippen LogP contribution in [0, 0.1) is 0 Å². The van der Waals surface area contributed by atoms with Crippen molar-refractivity contribution in [2.45, 2.75) is 13.3 Å². The molecule has 2 aromatic rings. The summed E-state index contributed by atoms with van der Waals surface area (Å²) in [5.41, 5.74) is 2.25. The van der Waals surface area contributed by atoms with Crippen molar-refractivity contribution in [2.24, 2.45) is 14.1 Å². The number of imidazole rings is 1. The maximum absolute atomic E-state index is 4.35. The number of hydrogen-bond acceptors (Lipinski definition) is 1. The maximum atomic E-state index is 4.35. The number of hydrogen-bond donors (Lipinski definition) is 0. The summed E-state index contributed by atoms with van der Waals surface area (Å²) in [4.78, 5) is 4.35. The number of fused-ring (bicyclic) bond motifs is 1. The van der Waals surface area contributed by atoms with Gasteiger partial charge in [-0.2, -0.15) is 0 Å². The molecule has 0 fully saturated rings. The van der Waals surface area contributed by atoms with Gasteiger partial charge in [-0.05, 0) is 12.1 Å². The molecule has 2 aromatic heterocycles. The normalized spacial score (nSPS) is 11.0. The van der Waals surface area contributed by atoms with Crippen LogP contribution in [0.15, 0.2) is 18.3 Å². The zero-order valence-electron chi connectivity index (χ0n) is 8.28. The molecule has 0 unspecified atom stereocenters. The van der Waals surface area contributed by atoms with Gasteiger partial charge in [0.15, 0.2) is 5.52 Å². The Balaban J connectivity index is 2.88. The molecule has 0 aliphatic carbocycles. The molecule has 2 rings (SSSR count). The Morgan fingerprint density at radius 1 is 1.54 bits per heavy atom. The van der Waals surface area contributed by atoms with E-state index in [4.69, 9.17) is 0 Å². The Hall–Kier alpha value is -1.38. The summed E-state index contributed by atoms with van der Waals surface area (Å²) in [6.07, 6.45) is 2.87. The van der Waals surface area contributed by atoms with Crippen molar-refractivity contribution in [3.05, 3.63) is 24.2 Å².